The van der Waals surface area contributed by atoms with E-state index in [1.165, 1.54) is 250 Å². The third-order valence-electron chi connectivity index (χ3n) is 15.1. The lowest BCUT2D eigenvalue weighted by Gasteiger charge is -2.22. The van der Waals surface area contributed by atoms with Crippen molar-refractivity contribution in [3.63, 3.8) is 0 Å². The Morgan fingerprint density at radius 3 is 1.01 bits per heavy atom. The number of hydrogen-bond donors (Lipinski definition) is 3. The third kappa shape index (κ3) is 55.9. The van der Waals surface area contributed by atoms with Gasteiger partial charge in [0, 0.05) is 12.8 Å². The van der Waals surface area contributed by atoms with Gasteiger partial charge in [0.2, 0.25) is 5.91 Å². The summed E-state index contributed by atoms with van der Waals surface area (Å²) >= 11 is 0. The molecule has 0 radical (unpaired) electrons. The second-order valence-corrected chi connectivity index (χ2v) is 22.1. The molecular weight excluding hydrogens is 863 g/mol. The second kappa shape index (κ2) is 60.2. The fourth-order valence-electron chi connectivity index (χ4n) is 10.2. The van der Waals surface area contributed by atoms with Crippen LogP contribution in [0.15, 0.2) is 12.2 Å². The van der Waals surface area contributed by atoms with E-state index in [0.29, 0.717) is 25.9 Å². The minimum absolute atomic E-state index is 0.0169. The van der Waals surface area contributed by atoms with E-state index in [1.54, 1.807) is 0 Å². The summed E-state index contributed by atoms with van der Waals surface area (Å²) < 4.78 is 5.47. The molecule has 6 heteroatoms. The van der Waals surface area contributed by atoms with Crippen LogP contribution in [0.1, 0.15) is 361 Å². The number of esters is 1. The number of allylic oxidation sites excluding steroid dienone is 2. The van der Waals surface area contributed by atoms with E-state index >= 15 is 0 Å². The predicted octanol–water partition coefficient (Wildman–Crippen LogP) is 20.0. The van der Waals surface area contributed by atoms with Crippen LogP contribution in [0.4, 0.5) is 0 Å². The van der Waals surface area contributed by atoms with Gasteiger partial charge >= 0.3 is 5.97 Å². The van der Waals surface area contributed by atoms with Crippen molar-refractivity contribution in [1.29, 1.82) is 0 Å². The maximum atomic E-state index is 12.5. The monoisotopic (exact) mass is 988 g/mol. The highest BCUT2D eigenvalue weighted by atomic mass is 16.5. The third-order valence-corrected chi connectivity index (χ3v) is 15.1. The smallest absolute Gasteiger partial charge is 0.305 e. The number of carbonyl (C=O) groups is 2. The van der Waals surface area contributed by atoms with Crippen LogP contribution in [0.25, 0.3) is 0 Å². The minimum Gasteiger partial charge on any atom is -0.466 e. The standard InChI is InChI=1S/C64H125NO5/c1-3-5-7-9-11-13-15-17-19-21-23-24-25-26-27-28-30-32-36-40-44-48-52-56-62(67)61(60-66)65-63(68)57-53-49-45-41-37-34-35-39-43-47-51-55-59-70-64(69)58-54-50-46-42-38-33-31-29-22-20-18-16-14-12-10-8-6-4-2/h35,39,61-62,66-67H,3-34,36-38,40-60H2,1-2H3,(H,65,68)/b39-35-. The van der Waals surface area contributed by atoms with E-state index in [4.69, 9.17) is 4.74 Å². The Balaban J connectivity index is 3.46. The molecule has 0 spiro atoms. The Bertz CT molecular complexity index is 1050. The lowest BCUT2D eigenvalue weighted by molar-refractivity contribution is -0.143. The number of aliphatic hydroxyl groups is 2. The van der Waals surface area contributed by atoms with Crippen molar-refractivity contribution in [2.24, 2.45) is 0 Å². The number of carbonyl (C=O) groups excluding carboxylic acids is 2. The van der Waals surface area contributed by atoms with Crippen LogP contribution in [0, 0.1) is 0 Å². The lowest BCUT2D eigenvalue weighted by Crippen LogP contribution is -2.45. The average Bonchev–Trinajstić information content (AvgIpc) is 3.36. The molecule has 1 amide bonds. The number of unbranched alkanes of at least 4 members (excludes halogenated alkanes) is 47. The maximum absolute atomic E-state index is 12.5. The van der Waals surface area contributed by atoms with Gasteiger partial charge in [-0.1, -0.05) is 302 Å². The van der Waals surface area contributed by atoms with Gasteiger partial charge < -0.3 is 20.3 Å². The molecular formula is C64H125NO5. The summed E-state index contributed by atoms with van der Waals surface area (Å²) in [7, 11) is 0. The van der Waals surface area contributed by atoms with Crippen molar-refractivity contribution in [3.8, 4) is 0 Å². The average molecular weight is 989 g/mol. The predicted molar refractivity (Wildman–Crippen MR) is 306 cm³/mol. The number of ether oxygens (including phenoxy) is 1. The molecule has 70 heavy (non-hydrogen) atoms. The summed E-state index contributed by atoms with van der Waals surface area (Å²) in [6.07, 6.45) is 72.2. The van der Waals surface area contributed by atoms with Crippen molar-refractivity contribution in [3.05, 3.63) is 12.2 Å². The normalized spacial score (nSPS) is 12.6. The zero-order chi connectivity index (χ0) is 50.7. The summed E-state index contributed by atoms with van der Waals surface area (Å²) in [6.45, 7) is 4.93. The molecule has 0 aromatic rings. The van der Waals surface area contributed by atoms with E-state index in [0.717, 1.165) is 77.0 Å². The SMILES string of the molecule is CCCCCCCCCCCCCCCCCCCCCCCCCC(O)C(CO)NC(=O)CCCCCCC/C=C\CCCCCOC(=O)CCCCCCCCCCCCCCCCCCCC. The quantitative estimate of drug-likeness (QED) is 0.0321. The molecule has 416 valence electrons. The summed E-state index contributed by atoms with van der Waals surface area (Å²) in [5.74, 6) is -0.0730. The molecule has 0 fully saturated rings. The van der Waals surface area contributed by atoms with Crippen LogP contribution in [0.5, 0.6) is 0 Å². The Labute approximate surface area is 438 Å². The summed E-state index contributed by atoms with van der Waals surface area (Å²) in [4.78, 5) is 24.6. The molecule has 0 saturated heterocycles. The molecule has 2 unspecified atom stereocenters. The van der Waals surface area contributed by atoms with Crippen LogP contribution in [-0.2, 0) is 14.3 Å². The van der Waals surface area contributed by atoms with Gasteiger partial charge in [-0.05, 0) is 57.8 Å². The maximum Gasteiger partial charge on any atom is 0.305 e. The van der Waals surface area contributed by atoms with Crippen molar-refractivity contribution >= 4 is 11.9 Å². The van der Waals surface area contributed by atoms with Crippen LogP contribution in [-0.4, -0.2) is 47.4 Å². The van der Waals surface area contributed by atoms with E-state index in [2.05, 4.69) is 31.3 Å². The van der Waals surface area contributed by atoms with Gasteiger partial charge in [0.05, 0.1) is 25.4 Å². The summed E-state index contributed by atoms with van der Waals surface area (Å²) in [5, 5.41) is 23.4. The largest absolute Gasteiger partial charge is 0.466 e. The highest BCUT2D eigenvalue weighted by Crippen LogP contribution is 2.18. The number of hydrogen-bond acceptors (Lipinski definition) is 5. The Hall–Kier alpha value is -1.40. The van der Waals surface area contributed by atoms with Gasteiger partial charge in [0.15, 0.2) is 0 Å². The zero-order valence-electron chi connectivity index (χ0n) is 47.5. The fourth-order valence-corrected chi connectivity index (χ4v) is 10.2. The number of rotatable bonds is 60. The first-order valence-corrected chi connectivity index (χ1v) is 31.9. The summed E-state index contributed by atoms with van der Waals surface area (Å²) in [6, 6.07) is -0.561. The van der Waals surface area contributed by atoms with Gasteiger partial charge in [-0.3, -0.25) is 9.59 Å². The van der Waals surface area contributed by atoms with Gasteiger partial charge in [-0.25, -0.2) is 0 Å². The van der Waals surface area contributed by atoms with Crippen LogP contribution >= 0.6 is 0 Å². The number of amides is 1. The van der Waals surface area contributed by atoms with Crippen LogP contribution in [0.2, 0.25) is 0 Å². The van der Waals surface area contributed by atoms with Gasteiger partial charge in [0.1, 0.15) is 0 Å². The first-order chi connectivity index (χ1) is 34.5. The topological polar surface area (TPSA) is 95.9 Å². The summed E-state index contributed by atoms with van der Waals surface area (Å²) in [5.41, 5.74) is 0. The minimum atomic E-state index is -0.681. The van der Waals surface area contributed by atoms with Crippen molar-refractivity contribution in [2.75, 3.05) is 13.2 Å². The molecule has 6 nitrogen and oxygen atoms in total. The van der Waals surface area contributed by atoms with Crippen molar-refractivity contribution in [1.82, 2.24) is 5.32 Å². The Morgan fingerprint density at radius 2 is 0.671 bits per heavy atom. The first-order valence-electron chi connectivity index (χ1n) is 31.9. The van der Waals surface area contributed by atoms with E-state index in [-0.39, 0.29) is 18.5 Å². The Morgan fingerprint density at radius 1 is 0.386 bits per heavy atom. The molecule has 0 aliphatic heterocycles. The van der Waals surface area contributed by atoms with Crippen molar-refractivity contribution in [2.45, 2.75) is 373 Å². The van der Waals surface area contributed by atoms with Crippen LogP contribution in [0.3, 0.4) is 0 Å². The van der Waals surface area contributed by atoms with Crippen LogP contribution < -0.4 is 5.32 Å². The number of aliphatic hydroxyl groups excluding tert-OH is 2. The molecule has 0 aromatic heterocycles. The molecule has 0 rings (SSSR count). The van der Waals surface area contributed by atoms with Gasteiger partial charge in [0.25, 0.3) is 0 Å². The molecule has 0 saturated carbocycles. The Kier molecular flexibility index (Phi) is 59.0. The van der Waals surface area contributed by atoms with E-state index in [9.17, 15) is 19.8 Å². The number of nitrogens with one attached hydrogen (secondary N) is 1. The molecule has 2 atom stereocenters. The lowest BCUT2D eigenvalue weighted by atomic mass is 10.0. The molecule has 0 aromatic carbocycles. The molecule has 0 heterocycles. The second-order valence-electron chi connectivity index (χ2n) is 22.1. The highest BCUT2D eigenvalue weighted by molar-refractivity contribution is 5.76. The molecule has 0 bridgehead atoms. The van der Waals surface area contributed by atoms with E-state index in [1.807, 2.05) is 0 Å². The van der Waals surface area contributed by atoms with E-state index < -0.39 is 12.1 Å². The zero-order valence-corrected chi connectivity index (χ0v) is 47.5. The van der Waals surface area contributed by atoms with Crippen molar-refractivity contribution < 1.29 is 24.5 Å². The fraction of sp³-hybridized carbons (Fsp3) is 0.938. The molecule has 0 aliphatic rings. The van der Waals surface area contributed by atoms with Gasteiger partial charge in [-0.15, -0.1) is 0 Å². The molecule has 3 N–H and O–H groups in total. The highest BCUT2D eigenvalue weighted by Gasteiger charge is 2.20. The molecule has 0 aliphatic carbocycles. The first kappa shape index (κ1) is 68.6. The van der Waals surface area contributed by atoms with Gasteiger partial charge in [-0.2, -0.15) is 0 Å².